The zero-order valence-electron chi connectivity index (χ0n) is 16.9. The molecule has 32 heavy (non-hydrogen) atoms. The number of carbonyl (C=O) groups is 3. The Morgan fingerprint density at radius 2 is 1.94 bits per heavy atom. The molecule has 2 aromatic carbocycles. The van der Waals surface area contributed by atoms with Crippen LogP contribution in [0.1, 0.15) is 30.4 Å². The molecule has 2 aromatic rings. The second kappa shape index (κ2) is 7.63. The first-order valence-electron chi connectivity index (χ1n) is 10.2. The van der Waals surface area contributed by atoms with Gasteiger partial charge in [0.25, 0.3) is 0 Å². The minimum atomic E-state index is -1.58. The Morgan fingerprint density at radius 3 is 2.72 bits per heavy atom. The number of ether oxygens (including phenoxy) is 2. The molecule has 0 bridgehead atoms. The van der Waals surface area contributed by atoms with Crippen LogP contribution < -0.4 is 11.1 Å². The molecule has 1 atom stereocenters. The molecule has 1 unspecified atom stereocenters. The Labute approximate surface area is 192 Å². The highest BCUT2D eigenvalue weighted by Crippen LogP contribution is 2.55. The molecular weight excluding hydrogens is 476 g/mol. The molecule has 7 nitrogen and oxygen atoms in total. The summed E-state index contributed by atoms with van der Waals surface area (Å²) in [6.45, 7) is 0.00429. The van der Waals surface area contributed by atoms with Crippen LogP contribution in [-0.4, -0.2) is 17.7 Å². The van der Waals surface area contributed by atoms with Crippen molar-refractivity contribution in [2.24, 2.45) is 5.73 Å². The smallest absolute Gasteiger partial charge is 0.341 e. The molecule has 3 aliphatic rings. The highest BCUT2D eigenvalue weighted by molar-refractivity contribution is 9.10. The van der Waals surface area contributed by atoms with Crippen molar-refractivity contribution in [3.8, 4) is 0 Å². The molecule has 3 N–H and O–H groups in total. The van der Waals surface area contributed by atoms with Gasteiger partial charge < -0.3 is 20.5 Å². The zero-order chi connectivity index (χ0) is 22.5. The Balaban J connectivity index is 1.67. The maximum Gasteiger partial charge on any atom is 0.341 e. The molecule has 5 rings (SSSR count). The summed E-state index contributed by atoms with van der Waals surface area (Å²) in [5.41, 5.74) is 6.85. The van der Waals surface area contributed by atoms with E-state index in [1.807, 2.05) is 30.3 Å². The van der Waals surface area contributed by atoms with Crippen LogP contribution in [0.15, 0.2) is 75.8 Å². The lowest BCUT2D eigenvalue weighted by atomic mass is 9.65. The number of ketones is 1. The summed E-state index contributed by atoms with van der Waals surface area (Å²) >= 11 is 3.45. The van der Waals surface area contributed by atoms with Crippen molar-refractivity contribution in [2.75, 3.05) is 5.32 Å². The number of nitrogens with two attached hydrogens (primary N) is 1. The number of hydrogen-bond donors (Lipinski definition) is 2. The molecule has 0 saturated heterocycles. The number of allylic oxidation sites excluding steroid dienone is 1. The minimum Gasteiger partial charge on any atom is -0.457 e. The Kier molecular flexibility index (Phi) is 4.89. The molecule has 1 spiro atoms. The summed E-state index contributed by atoms with van der Waals surface area (Å²) in [5.74, 6) is -1.69. The lowest BCUT2D eigenvalue weighted by molar-refractivity contribution is -0.143. The van der Waals surface area contributed by atoms with Gasteiger partial charge in [-0.25, -0.2) is 4.79 Å². The van der Waals surface area contributed by atoms with Crippen molar-refractivity contribution >= 4 is 39.3 Å². The summed E-state index contributed by atoms with van der Waals surface area (Å²) in [6.07, 6.45) is 1.26. The number of anilines is 1. The van der Waals surface area contributed by atoms with Crippen LogP contribution in [0.2, 0.25) is 0 Å². The summed E-state index contributed by atoms with van der Waals surface area (Å²) in [7, 11) is 0. The molecule has 0 aromatic heterocycles. The van der Waals surface area contributed by atoms with E-state index in [1.54, 1.807) is 18.2 Å². The lowest BCUT2D eigenvalue weighted by Crippen LogP contribution is -2.47. The molecule has 0 radical (unpaired) electrons. The average Bonchev–Trinajstić information content (AvgIpc) is 3.06. The maximum absolute atomic E-state index is 13.6. The SMILES string of the molecule is NC1=C(C(=O)OCc2ccccc2)C2(C(=O)Nc3ccc(Br)cc32)C2=C(O1)C(=O)CCC2. The fourth-order valence-corrected chi connectivity index (χ4v) is 5.03. The first kappa shape index (κ1) is 20.5. The Morgan fingerprint density at radius 1 is 1.16 bits per heavy atom. The minimum absolute atomic E-state index is 0.00429. The van der Waals surface area contributed by atoms with Gasteiger partial charge in [0.15, 0.2) is 11.5 Å². The van der Waals surface area contributed by atoms with Crippen molar-refractivity contribution in [3.05, 3.63) is 86.9 Å². The van der Waals surface area contributed by atoms with E-state index >= 15 is 0 Å². The molecule has 162 valence electrons. The van der Waals surface area contributed by atoms with Crippen LogP contribution in [0.5, 0.6) is 0 Å². The number of hydrogen-bond acceptors (Lipinski definition) is 6. The predicted molar refractivity (Wildman–Crippen MR) is 119 cm³/mol. The predicted octanol–water partition coefficient (Wildman–Crippen LogP) is 3.59. The molecule has 0 fully saturated rings. The van der Waals surface area contributed by atoms with E-state index < -0.39 is 17.3 Å². The molecule has 2 heterocycles. The van der Waals surface area contributed by atoms with Gasteiger partial charge in [-0.1, -0.05) is 46.3 Å². The largest absolute Gasteiger partial charge is 0.457 e. The summed E-state index contributed by atoms with van der Waals surface area (Å²) in [5, 5.41) is 2.85. The Bertz CT molecular complexity index is 1230. The van der Waals surface area contributed by atoms with E-state index in [2.05, 4.69) is 21.2 Å². The van der Waals surface area contributed by atoms with Crippen LogP contribution in [0.4, 0.5) is 5.69 Å². The fraction of sp³-hybridized carbons (Fsp3) is 0.208. The van der Waals surface area contributed by atoms with Crippen molar-refractivity contribution < 1.29 is 23.9 Å². The van der Waals surface area contributed by atoms with E-state index in [9.17, 15) is 14.4 Å². The number of benzene rings is 2. The third-order valence-electron chi connectivity index (χ3n) is 6.04. The van der Waals surface area contributed by atoms with Gasteiger partial charge in [-0.2, -0.15) is 0 Å². The van der Waals surface area contributed by atoms with Crippen molar-refractivity contribution in [3.63, 3.8) is 0 Å². The number of fused-ring (bicyclic) bond motifs is 3. The topological polar surface area (TPSA) is 108 Å². The molecule has 1 amide bonds. The van der Waals surface area contributed by atoms with Crippen molar-refractivity contribution in [2.45, 2.75) is 31.3 Å². The zero-order valence-corrected chi connectivity index (χ0v) is 18.5. The molecule has 1 aliphatic carbocycles. The Hall–Kier alpha value is -3.39. The second-order valence-corrected chi connectivity index (χ2v) is 8.80. The van der Waals surface area contributed by atoms with Gasteiger partial charge in [0.1, 0.15) is 17.6 Å². The quantitative estimate of drug-likeness (QED) is 0.631. The lowest BCUT2D eigenvalue weighted by Gasteiger charge is -2.38. The standard InChI is InChI=1S/C24H19BrN2O5/c25-14-9-10-17-16(11-14)24(23(30)27-17)15-7-4-8-18(28)20(15)32-21(26)19(24)22(29)31-12-13-5-2-1-3-6-13/h1-3,5-6,9-11H,4,7-8,12,26H2,(H,27,30). The number of nitrogens with one attached hydrogen (secondary N) is 1. The first-order valence-corrected chi connectivity index (χ1v) is 11.0. The van der Waals surface area contributed by atoms with Gasteiger partial charge in [0.2, 0.25) is 11.8 Å². The molecule has 0 saturated carbocycles. The number of esters is 1. The second-order valence-electron chi connectivity index (χ2n) is 7.88. The molecular formula is C24H19BrN2O5. The summed E-state index contributed by atoms with van der Waals surface area (Å²) in [6, 6.07) is 14.5. The number of rotatable bonds is 3. The van der Waals surface area contributed by atoms with Gasteiger partial charge in [0.05, 0.1) is 0 Å². The first-order chi connectivity index (χ1) is 15.4. The highest BCUT2D eigenvalue weighted by atomic mass is 79.9. The van der Waals surface area contributed by atoms with E-state index in [0.717, 1.165) is 10.0 Å². The third-order valence-corrected chi connectivity index (χ3v) is 6.53. The number of halogens is 1. The van der Waals surface area contributed by atoms with E-state index in [4.69, 9.17) is 15.2 Å². The van der Waals surface area contributed by atoms with E-state index in [0.29, 0.717) is 36.1 Å². The van der Waals surface area contributed by atoms with Gasteiger partial charge in [0, 0.05) is 27.7 Å². The van der Waals surface area contributed by atoms with Crippen molar-refractivity contribution in [1.29, 1.82) is 0 Å². The van der Waals surface area contributed by atoms with Crippen LogP contribution in [-0.2, 0) is 35.9 Å². The van der Waals surface area contributed by atoms with Gasteiger partial charge >= 0.3 is 5.97 Å². The summed E-state index contributed by atoms with van der Waals surface area (Å²) in [4.78, 5) is 39.7. The van der Waals surface area contributed by atoms with Gasteiger partial charge in [-0.05, 0) is 36.6 Å². The summed E-state index contributed by atoms with van der Waals surface area (Å²) < 4.78 is 12.0. The fourth-order valence-electron chi connectivity index (χ4n) is 4.66. The van der Waals surface area contributed by atoms with Gasteiger partial charge in [-0.3, -0.25) is 9.59 Å². The van der Waals surface area contributed by atoms with Crippen LogP contribution >= 0.6 is 15.9 Å². The monoisotopic (exact) mass is 494 g/mol. The van der Waals surface area contributed by atoms with E-state index in [-0.39, 0.29) is 29.6 Å². The van der Waals surface area contributed by atoms with Gasteiger partial charge in [-0.15, -0.1) is 0 Å². The number of carbonyl (C=O) groups excluding carboxylic acids is 3. The number of Topliss-reactive ketones (excluding diaryl/α,β-unsaturated/α-hetero) is 1. The normalized spacial score (nSPS) is 21.8. The van der Waals surface area contributed by atoms with Crippen LogP contribution in [0, 0.1) is 0 Å². The van der Waals surface area contributed by atoms with Crippen LogP contribution in [0.3, 0.4) is 0 Å². The third kappa shape index (κ3) is 2.97. The van der Waals surface area contributed by atoms with E-state index in [1.165, 1.54) is 0 Å². The molecule has 8 heteroatoms. The average molecular weight is 495 g/mol. The van der Waals surface area contributed by atoms with Crippen molar-refractivity contribution in [1.82, 2.24) is 0 Å². The highest BCUT2D eigenvalue weighted by Gasteiger charge is 2.60. The molecule has 2 aliphatic heterocycles. The number of amides is 1. The maximum atomic E-state index is 13.6. The van der Waals surface area contributed by atoms with Crippen LogP contribution in [0.25, 0.3) is 0 Å².